The summed E-state index contributed by atoms with van der Waals surface area (Å²) >= 11 is 12.0. The van der Waals surface area contributed by atoms with Gasteiger partial charge in [0, 0.05) is 29.7 Å². The summed E-state index contributed by atoms with van der Waals surface area (Å²) < 4.78 is 31.9. The van der Waals surface area contributed by atoms with E-state index in [9.17, 15) is 8.09 Å². The van der Waals surface area contributed by atoms with Crippen LogP contribution >= 0.6 is 23.2 Å². The Bertz CT molecular complexity index is 651. The van der Waals surface area contributed by atoms with Crippen molar-refractivity contribution in [1.29, 1.82) is 0 Å². The van der Waals surface area contributed by atoms with E-state index in [0.29, 0.717) is 34.6 Å². The van der Waals surface area contributed by atoms with Crippen LogP contribution < -0.4 is 0 Å². The van der Waals surface area contributed by atoms with E-state index in [-0.39, 0.29) is 5.69 Å². The summed E-state index contributed by atoms with van der Waals surface area (Å²) in [7, 11) is -0.0189. The van der Waals surface area contributed by atoms with Gasteiger partial charge in [-0.05, 0) is 51.1 Å². The first-order chi connectivity index (χ1) is 10.2. The van der Waals surface area contributed by atoms with Crippen LogP contribution in [0.25, 0.3) is 0 Å². The van der Waals surface area contributed by atoms with E-state index < -0.39 is 10.3 Å². The molecule has 0 aliphatic carbocycles. The van der Waals surface area contributed by atoms with E-state index in [0.717, 1.165) is 13.0 Å². The molecule has 0 spiro atoms. The van der Waals surface area contributed by atoms with E-state index in [4.69, 9.17) is 23.2 Å². The normalized spacial score (nSPS) is 22.0. The smallest absolute Gasteiger partial charge is 0.275 e. The minimum Gasteiger partial charge on any atom is -0.309 e. The molecule has 1 aliphatic rings. The molecule has 0 saturated carbocycles. The number of benzene rings is 1. The van der Waals surface area contributed by atoms with Crippen LogP contribution in [0.1, 0.15) is 12.0 Å². The van der Waals surface area contributed by atoms with E-state index in [2.05, 4.69) is 4.36 Å². The molecular formula is C14H20Cl2FN3OS. The minimum atomic E-state index is -3.96. The zero-order chi connectivity index (χ0) is 16.5. The Morgan fingerprint density at radius 1 is 1.41 bits per heavy atom. The molecule has 1 saturated heterocycles. The average molecular weight is 368 g/mol. The summed E-state index contributed by atoms with van der Waals surface area (Å²) in [4.78, 5) is 2.05. The number of halogens is 3. The maximum absolute atomic E-state index is 14.5. The van der Waals surface area contributed by atoms with Gasteiger partial charge in [-0.15, -0.1) is 3.89 Å². The molecule has 0 amide bonds. The molecule has 2 atom stereocenters. The van der Waals surface area contributed by atoms with E-state index in [1.807, 2.05) is 19.0 Å². The van der Waals surface area contributed by atoms with Crippen LogP contribution in [-0.4, -0.2) is 47.1 Å². The number of nitrogens with zero attached hydrogens (tertiary/aromatic N) is 3. The van der Waals surface area contributed by atoms with Gasteiger partial charge in [0.2, 0.25) is 0 Å². The van der Waals surface area contributed by atoms with Crippen LogP contribution in [0.5, 0.6) is 0 Å². The second-order valence-corrected chi connectivity index (χ2v) is 8.24. The largest absolute Gasteiger partial charge is 0.309 e. The van der Waals surface area contributed by atoms with Crippen molar-refractivity contribution < 1.29 is 8.09 Å². The van der Waals surface area contributed by atoms with Crippen molar-refractivity contribution in [3.63, 3.8) is 0 Å². The summed E-state index contributed by atoms with van der Waals surface area (Å²) in [5.74, 6) is 0.298. The molecule has 2 rings (SSSR count). The molecule has 1 heterocycles. The maximum atomic E-state index is 14.5. The van der Waals surface area contributed by atoms with Gasteiger partial charge in [0.15, 0.2) is 0 Å². The molecule has 4 nitrogen and oxygen atoms in total. The van der Waals surface area contributed by atoms with E-state index in [1.54, 1.807) is 6.92 Å². The van der Waals surface area contributed by atoms with Gasteiger partial charge in [-0.2, -0.15) is 12.9 Å². The van der Waals surface area contributed by atoms with Crippen molar-refractivity contribution in [3.8, 4) is 0 Å². The molecule has 1 fully saturated rings. The summed E-state index contributed by atoms with van der Waals surface area (Å²) in [6.45, 7) is 3.47. The van der Waals surface area contributed by atoms with Crippen molar-refractivity contribution >= 4 is 39.2 Å². The Balaban J connectivity index is 2.22. The molecule has 0 bridgehead atoms. The van der Waals surface area contributed by atoms with Crippen LogP contribution in [-0.2, 0) is 10.3 Å². The topological polar surface area (TPSA) is 35.9 Å². The van der Waals surface area contributed by atoms with E-state index >= 15 is 0 Å². The third-order valence-electron chi connectivity index (χ3n) is 3.67. The fourth-order valence-corrected chi connectivity index (χ4v) is 4.22. The van der Waals surface area contributed by atoms with Crippen molar-refractivity contribution in [2.24, 2.45) is 10.3 Å². The van der Waals surface area contributed by atoms with Crippen molar-refractivity contribution in [1.82, 2.24) is 9.21 Å². The molecule has 22 heavy (non-hydrogen) atoms. The van der Waals surface area contributed by atoms with Gasteiger partial charge < -0.3 is 4.90 Å². The highest BCUT2D eigenvalue weighted by Gasteiger charge is 2.30. The van der Waals surface area contributed by atoms with E-state index in [1.165, 1.54) is 16.4 Å². The quantitative estimate of drug-likeness (QED) is 0.751. The number of rotatable bonds is 4. The van der Waals surface area contributed by atoms with Crippen molar-refractivity contribution in [3.05, 3.63) is 27.7 Å². The predicted octanol–water partition coefficient (Wildman–Crippen LogP) is 4.08. The van der Waals surface area contributed by atoms with Gasteiger partial charge in [0.05, 0.1) is 5.69 Å². The lowest BCUT2D eigenvalue weighted by molar-refractivity contribution is 0.330. The zero-order valence-corrected chi connectivity index (χ0v) is 15.2. The fourth-order valence-electron chi connectivity index (χ4n) is 2.54. The molecule has 0 aromatic heterocycles. The molecule has 8 heteroatoms. The first-order valence-electron chi connectivity index (χ1n) is 7.01. The Morgan fingerprint density at radius 3 is 2.55 bits per heavy atom. The fraction of sp³-hybridized carbons (Fsp3) is 0.571. The lowest BCUT2D eigenvalue weighted by Crippen LogP contribution is -2.28. The molecule has 1 aromatic rings. The average Bonchev–Trinajstić information content (AvgIpc) is 2.83. The summed E-state index contributed by atoms with van der Waals surface area (Å²) in [5, 5.41) is 0.765. The van der Waals surface area contributed by atoms with Crippen LogP contribution in [0.2, 0.25) is 10.0 Å². The monoisotopic (exact) mass is 367 g/mol. The molecular weight excluding hydrogens is 348 g/mol. The number of hydrogen-bond acceptors (Lipinski definition) is 3. The summed E-state index contributed by atoms with van der Waals surface area (Å²) in [6.07, 6.45) is 0.810. The second-order valence-electron chi connectivity index (χ2n) is 5.86. The molecule has 0 radical (unpaired) electrons. The molecule has 1 aliphatic heterocycles. The molecule has 0 N–H and O–H groups in total. The Kier molecular flexibility index (Phi) is 5.72. The van der Waals surface area contributed by atoms with Crippen LogP contribution in [0, 0.1) is 12.8 Å². The van der Waals surface area contributed by atoms with Gasteiger partial charge in [-0.1, -0.05) is 23.2 Å². The SMILES string of the molecule is Cc1c(Cl)cc(N=S(=O)(F)N2CCC(CN(C)C)C2)cc1Cl. The van der Waals surface area contributed by atoms with Gasteiger partial charge in [0.25, 0.3) is 10.3 Å². The minimum absolute atomic E-state index is 0.198. The third-order valence-corrected chi connectivity index (χ3v) is 5.86. The Morgan fingerprint density at radius 2 is 2.00 bits per heavy atom. The first-order valence-corrected chi connectivity index (χ1v) is 9.14. The lowest BCUT2D eigenvalue weighted by Gasteiger charge is -2.17. The predicted molar refractivity (Wildman–Crippen MR) is 90.8 cm³/mol. The van der Waals surface area contributed by atoms with Crippen molar-refractivity contribution in [2.45, 2.75) is 13.3 Å². The lowest BCUT2D eigenvalue weighted by atomic mass is 10.1. The maximum Gasteiger partial charge on any atom is 0.275 e. The second kappa shape index (κ2) is 7.01. The van der Waals surface area contributed by atoms with Crippen LogP contribution in [0.3, 0.4) is 0 Å². The van der Waals surface area contributed by atoms with Gasteiger partial charge in [-0.25, -0.2) is 0 Å². The standard InChI is InChI=1S/C14H20Cl2FN3OS/c1-10-13(15)6-12(7-14(10)16)18-22(17,21)20-5-4-11(9-20)8-19(2)3/h6-7,11H,4-5,8-9H2,1-3H3. The van der Waals surface area contributed by atoms with Gasteiger partial charge >= 0.3 is 0 Å². The highest BCUT2D eigenvalue weighted by molar-refractivity contribution is 7.86. The summed E-state index contributed by atoms with van der Waals surface area (Å²) in [6, 6.07) is 2.96. The highest BCUT2D eigenvalue weighted by atomic mass is 35.5. The zero-order valence-electron chi connectivity index (χ0n) is 12.9. The third kappa shape index (κ3) is 4.32. The Labute approximate surface area is 141 Å². The first kappa shape index (κ1) is 17.9. The molecule has 1 aromatic carbocycles. The summed E-state index contributed by atoms with van der Waals surface area (Å²) in [5.41, 5.74) is 0.893. The van der Waals surface area contributed by atoms with Gasteiger partial charge in [0.1, 0.15) is 0 Å². The van der Waals surface area contributed by atoms with Crippen LogP contribution in [0.15, 0.2) is 16.5 Å². The van der Waals surface area contributed by atoms with Crippen LogP contribution in [0.4, 0.5) is 9.57 Å². The molecule has 124 valence electrons. The molecule has 2 unspecified atom stereocenters. The Hall–Kier alpha value is -0.400. The number of hydrogen-bond donors (Lipinski definition) is 0. The van der Waals surface area contributed by atoms with Gasteiger partial charge in [-0.3, -0.25) is 0 Å². The van der Waals surface area contributed by atoms with Crippen molar-refractivity contribution in [2.75, 3.05) is 33.7 Å². The highest BCUT2D eigenvalue weighted by Crippen LogP contribution is 2.32.